The van der Waals surface area contributed by atoms with Crippen molar-refractivity contribution in [3.05, 3.63) is 0 Å². The van der Waals surface area contributed by atoms with Crippen molar-refractivity contribution in [1.82, 2.24) is 9.80 Å². The third kappa shape index (κ3) is 12.4. The van der Waals surface area contributed by atoms with Crippen molar-refractivity contribution in [1.29, 1.82) is 0 Å². The number of thiocarbonyl (C=S) groups is 2. The van der Waals surface area contributed by atoms with E-state index in [-0.39, 0.29) is 34.0 Å². The van der Waals surface area contributed by atoms with Gasteiger partial charge in [-0.15, -0.1) is 0 Å². The van der Waals surface area contributed by atoms with E-state index in [1.165, 1.54) is 0 Å². The molecule has 7 heteroatoms. The molecule has 0 aromatic carbocycles. The first-order valence-corrected chi connectivity index (χ1v) is 6.17. The van der Waals surface area contributed by atoms with Crippen molar-refractivity contribution < 1.29 is 10.2 Å². The number of hydrogen-bond donors (Lipinski definition) is 0. The topological polar surface area (TPSA) is 52.6 Å². The fourth-order valence-electron chi connectivity index (χ4n) is 0.964. The molecule has 0 saturated heterocycles. The molecule has 100 valence electrons. The summed E-state index contributed by atoms with van der Waals surface area (Å²) in [4.78, 5) is 3.19. The average Bonchev–Trinajstić information content (AvgIpc) is 2.21. The van der Waals surface area contributed by atoms with Gasteiger partial charge in [0.25, 0.3) is 0 Å². The smallest absolute Gasteiger partial charge is 0.852 e. The van der Waals surface area contributed by atoms with Crippen LogP contribution < -0.4 is 10.2 Å². The van der Waals surface area contributed by atoms with Gasteiger partial charge in [-0.25, -0.2) is 0 Å². The summed E-state index contributed by atoms with van der Waals surface area (Å²) < 4.78 is 0. The first kappa shape index (κ1) is 22.4. The molecule has 0 aliphatic rings. The summed E-state index contributed by atoms with van der Waals surface area (Å²) in [5, 5.41) is 20.2. The molecule has 0 atom stereocenters. The Hall–Kier alpha value is 0.170. The maximum Gasteiger partial charge on any atom is 2.00 e. The molecule has 0 aliphatic carbocycles. The number of nitrogens with zero attached hydrogens (tertiary/aromatic N) is 2. The van der Waals surface area contributed by atoms with Crippen LogP contribution in [0.2, 0.25) is 0 Å². The van der Waals surface area contributed by atoms with Crippen LogP contribution in [0.4, 0.5) is 0 Å². The van der Waals surface area contributed by atoms with Gasteiger partial charge in [-0.1, -0.05) is 24.4 Å². The van der Waals surface area contributed by atoms with Crippen molar-refractivity contribution in [2.45, 2.75) is 27.7 Å². The van der Waals surface area contributed by atoms with Gasteiger partial charge < -0.3 is 20.0 Å². The molecule has 0 bridgehead atoms. The van der Waals surface area contributed by atoms with Crippen LogP contribution in [-0.4, -0.2) is 70.0 Å². The molecule has 0 aromatic heterocycles. The van der Waals surface area contributed by atoms with Crippen molar-refractivity contribution in [3.63, 3.8) is 0 Å². The molecular weight excluding hydrogens is 372 g/mol. The summed E-state index contributed by atoms with van der Waals surface area (Å²) in [6.45, 7) is 10.5. The summed E-state index contributed by atoms with van der Waals surface area (Å²) in [6, 6.07) is 0. The van der Waals surface area contributed by atoms with Crippen molar-refractivity contribution in [2.24, 2.45) is 0 Å². The summed E-state index contributed by atoms with van der Waals surface area (Å²) in [7, 11) is 0. The maximum atomic E-state index is 10.3. The van der Waals surface area contributed by atoms with E-state index >= 15 is 0 Å². The quantitative estimate of drug-likeness (QED) is 0.478. The summed E-state index contributed by atoms with van der Waals surface area (Å²) >= 11 is 8.77. The fourth-order valence-corrected chi connectivity index (χ4v) is 1.48. The van der Waals surface area contributed by atoms with Crippen LogP contribution in [0.15, 0.2) is 0 Å². The van der Waals surface area contributed by atoms with Gasteiger partial charge in [0.05, 0.1) is 0 Å². The van der Waals surface area contributed by atoms with Gasteiger partial charge in [0.2, 0.25) is 0 Å². The minimum atomic E-state index is -0.255. The molecule has 0 saturated carbocycles. The summed E-state index contributed by atoms with van der Waals surface area (Å²) in [5.74, 6) is 0. The Morgan fingerprint density at radius 2 is 0.941 bits per heavy atom. The minimum Gasteiger partial charge on any atom is -0.852 e. The predicted molar refractivity (Wildman–Crippen MR) is 76.8 cm³/mol. The standard InChI is InChI=1S/2C5H11NOS.Te/c2*1-3-6(4-2)5(7)8;/h2*3-4H2,1-2H3,(H,7,8);/q;;+2/p-2. The van der Waals surface area contributed by atoms with Gasteiger partial charge in [-0.2, -0.15) is 0 Å². The molecule has 0 amide bonds. The molecule has 0 fully saturated rings. The Balaban J connectivity index is -0.000000218. The van der Waals surface area contributed by atoms with Crippen LogP contribution in [0.25, 0.3) is 0 Å². The molecule has 0 spiro atoms. The largest absolute Gasteiger partial charge is 2.00 e. The predicted octanol–water partition coefficient (Wildman–Crippen LogP) is -0.434. The maximum absolute atomic E-state index is 10.3. The molecule has 4 nitrogen and oxygen atoms in total. The Kier molecular flexibility index (Phi) is 18.7. The molecule has 17 heavy (non-hydrogen) atoms. The van der Waals surface area contributed by atoms with Crippen LogP contribution in [-0.2, 0) is 0 Å². The molecule has 0 rings (SSSR count). The zero-order chi connectivity index (χ0) is 13.1. The monoisotopic (exact) mass is 394 g/mol. The van der Waals surface area contributed by atoms with Crippen molar-refractivity contribution in [2.75, 3.05) is 26.2 Å². The number of hydrogen-bond acceptors (Lipinski definition) is 4. The SMILES string of the molecule is CCN(CC)C([O-])=S.CCN(CC)C([O-])=S.[Te+2]. The first-order valence-electron chi connectivity index (χ1n) is 5.36. The first-order chi connectivity index (χ1) is 7.44. The Labute approximate surface area is 132 Å². The average molecular weight is 392 g/mol. The fraction of sp³-hybridized carbons (Fsp3) is 0.800. The van der Waals surface area contributed by atoms with Crippen LogP contribution in [0.3, 0.4) is 0 Å². The molecule has 0 unspecified atom stereocenters. The normalized spacial score (nSPS) is 8.24. The van der Waals surface area contributed by atoms with Crippen molar-refractivity contribution in [3.8, 4) is 0 Å². The summed E-state index contributed by atoms with van der Waals surface area (Å²) in [6.07, 6.45) is 0. The van der Waals surface area contributed by atoms with Gasteiger partial charge >= 0.3 is 23.7 Å². The van der Waals surface area contributed by atoms with Gasteiger partial charge in [0, 0.05) is 36.5 Å². The summed E-state index contributed by atoms with van der Waals surface area (Å²) in [5.41, 5.74) is 0. The molecular formula is C10H20N2O2S2Te. The zero-order valence-electron chi connectivity index (χ0n) is 10.8. The van der Waals surface area contributed by atoms with Crippen LogP contribution in [0.5, 0.6) is 0 Å². The third-order valence-corrected chi connectivity index (χ3v) is 2.56. The second kappa shape index (κ2) is 14.2. The van der Waals surface area contributed by atoms with E-state index in [4.69, 9.17) is 0 Å². The molecule has 0 aromatic rings. The van der Waals surface area contributed by atoms with Gasteiger partial charge in [-0.3, -0.25) is 0 Å². The van der Waals surface area contributed by atoms with Crippen LogP contribution in [0.1, 0.15) is 27.7 Å². The number of rotatable bonds is 4. The van der Waals surface area contributed by atoms with E-state index in [2.05, 4.69) is 24.4 Å². The van der Waals surface area contributed by atoms with Gasteiger partial charge in [0.15, 0.2) is 0 Å². The van der Waals surface area contributed by atoms with Crippen LogP contribution >= 0.6 is 24.4 Å². The van der Waals surface area contributed by atoms with E-state index in [0.717, 1.165) is 26.2 Å². The van der Waals surface area contributed by atoms with Crippen molar-refractivity contribution >= 4 is 58.5 Å². The Morgan fingerprint density at radius 3 is 0.941 bits per heavy atom. The molecule has 0 heterocycles. The van der Waals surface area contributed by atoms with E-state index < -0.39 is 0 Å². The van der Waals surface area contributed by atoms with E-state index in [1.54, 1.807) is 9.80 Å². The van der Waals surface area contributed by atoms with Crippen LogP contribution in [0, 0.1) is 0 Å². The van der Waals surface area contributed by atoms with E-state index in [1.807, 2.05) is 27.7 Å². The molecule has 0 aliphatic heterocycles. The second-order valence-electron chi connectivity index (χ2n) is 2.88. The zero-order valence-corrected chi connectivity index (χ0v) is 14.7. The van der Waals surface area contributed by atoms with E-state index in [9.17, 15) is 10.2 Å². The molecule has 0 N–H and O–H groups in total. The Bertz CT molecular complexity index is 188. The minimum absolute atomic E-state index is 0. The Morgan fingerprint density at radius 1 is 0.765 bits per heavy atom. The molecule has 4 radical (unpaired) electrons. The second-order valence-corrected chi connectivity index (χ2v) is 3.57. The van der Waals surface area contributed by atoms with Gasteiger partial charge in [0.1, 0.15) is 0 Å². The third-order valence-electron chi connectivity index (χ3n) is 2.04. The van der Waals surface area contributed by atoms with Gasteiger partial charge in [-0.05, 0) is 27.7 Å². The van der Waals surface area contributed by atoms with E-state index in [0.29, 0.717) is 0 Å².